The molecule has 3 heterocycles. The minimum atomic E-state index is -0.339. The van der Waals surface area contributed by atoms with Gasteiger partial charge in [0.25, 0.3) is 0 Å². The van der Waals surface area contributed by atoms with E-state index in [1.807, 2.05) is 42.5 Å². The fourth-order valence-corrected chi connectivity index (χ4v) is 3.49. The largest absolute Gasteiger partial charge is 0.352 e. The van der Waals surface area contributed by atoms with Crippen LogP contribution in [0.15, 0.2) is 61.3 Å². The summed E-state index contributed by atoms with van der Waals surface area (Å²) in [6.07, 6.45) is 5.10. The molecule has 1 aliphatic rings. The number of pyridine rings is 1. The smallest absolute Gasteiger partial charge is 0.225 e. The average Bonchev–Trinajstić information content (AvgIpc) is 3.38. The molecule has 1 atom stereocenters. The van der Waals surface area contributed by atoms with Crippen LogP contribution in [0.3, 0.4) is 0 Å². The maximum atomic E-state index is 12.7. The summed E-state index contributed by atoms with van der Waals surface area (Å²) >= 11 is 0. The lowest BCUT2D eigenvalue weighted by Crippen LogP contribution is -2.32. The molecule has 1 aromatic carbocycles. The zero-order valence-corrected chi connectivity index (χ0v) is 15.9. The van der Waals surface area contributed by atoms with E-state index in [0.29, 0.717) is 26.2 Å². The van der Waals surface area contributed by atoms with Crippen molar-refractivity contribution < 1.29 is 9.59 Å². The summed E-state index contributed by atoms with van der Waals surface area (Å²) in [5.41, 5.74) is 2.91. The Bertz CT molecular complexity index is 974. The van der Waals surface area contributed by atoms with Gasteiger partial charge in [0.15, 0.2) is 0 Å². The number of nitrogens with one attached hydrogen (secondary N) is 1. The molecule has 1 fully saturated rings. The number of benzene rings is 1. The highest BCUT2D eigenvalue weighted by Crippen LogP contribution is 2.20. The SMILES string of the molecule is O=C(NCc1ccccc1Cn1cncn1)[C@H]1CC(=O)N(Cc2ccccn2)C1. The van der Waals surface area contributed by atoms with Crippen molar-refractivity contribution >= 4 is 11.8 Å². The first-order chi connectivity index (χ1) is 14.2. The van der Waals surface area contributed by atoms with Crippen LogP contribution >= 0.6 is 0 Å². The normalized spacial score (nSPS) is 16.2. The molecule has 2 aromatic heterocycles. The molecule has 0 unspecified atom stereocenters. The highest BCUT2D eigenvalue weighted by molar-refractivity contribution is 5.89. The number of likely N-dealkylation sites (tertiary alicyclic amines) is 1. The van der Waals surface area contributed by atoms with Crippen molar-refractivity contribution in [2.75, 3.05) is 6.54 Å². The van der Waals surface area contributed by atoms with E-state index in [2.05, 4.69) is 20.4 Å². The van der Waals surface area contributed by atoms with Gasteiger partial charge in [0.2, 0.25) is 11.8 Å². The lowest BCUT2D eigenvalue weighted by molar-refractivity contribution is -0.129. The summed E-state index contributed by atoms with van der Waals surface area (Å²) in [6.45, 7) is 1.85. The highest BCUT2D eigenvalue weighted by Gasteiger charge is 2.34. The van der Waals surface area contributed by atoms with E-state index < -0.39 is 0 Å². The van der Waals surface area contributed by atoms with Crippen LogP contribution in [0.5, 0.6) is 0 Å². The van der Waals surface area contributed by atoms with Gasteiger partial charge in [-0.15, -0.1) is 0 Å². The average molecular weight is 390 g/mol. The summed E-state index contributed by atoms with van der Waals surface area (Å²) in [4.78, 5) is 34.9. The molecule has 4 rings (SSSR count). The molecule has 1 aliphatic heterocycles. The lowest BCUT2D eigenvalue weighted by Gasteiger charge is -2.16. The summed E-state index contributed by atoms with van der Waals surface area (Å²) < 4.78 is 1.74. The number of carbonyl (C=O) groups excluding carboxylic acids is 2. The number of carbonyl (C=O) groups is 2. The molecule has 3 aromatic rings. The van der Waals surface area contributed by atoms with Gasteiger partial charge in [0, 0.05) is 25.7 Å². The summed E-state index contributed by atoms with van der Waals surface area (Å²) in [5, 5.41) is 7.12. The first-order valence-corrected chi connectivity index (χ1v) is 9.53. The standard InChI is InChI=1S/C21H22N6O2/c28-20-9-18(11-26(20)13-19-7-3-4-8-23-19)21(29)24-10-16-5-1-2-6-17(16)12-27-15-22-14-25-27/h1-8,14-15,18H,9-13H2,(H,24,29)/t18-/m0/s1. The van der Waals surface area contributed by atoms with Crippen molar-refractivity contribution in [3.8, 4) is 0 Å². The van der Waals surface area contributed by atoms with Crippen LogP contribution in [0.2, 0.25) is 0 Å². The van der Waals surface area contributed by atoms with Crippen molar-refractivity contribution in [1.82, 2.24) is 30.0 Å². The van der Waals surface area contributed by atoms with Gasteiger partial charge < -0.3 is 10.2 Å². The number of aromatic nitrogens is 4. The Morgan fingerprint density at radius 2 is 1.93 bits per heavy atom. The Balaban J connectivity index is 1.34. The quantitative estimate of drug-likeness (QED) is 0.658. The van der Waals surface area contributed by atoms with Crippen molar-refractivity contribution in [1.29, 1.82) is 0 Å². The van der Waals surface area contributed by atoms with Crippen LogP contribution in [-0.2, 0) is 29.2 Å². The number of hydrogen-bond donors (Lipinski definition) is 1. The molecular weight excluding hydrogens is 368 g/mol. The lowest BCUT2D eigenvalue weighted by atomic mass is 10.1. The maximum absolute atomic E-state index is 12.7. The predicted octanol–water partition coefficient (Wildman–Crippen LogP) is 1.39. The molecule has 8 nitrogen and oxygen atoms in total. The van der Waals surface area contributed by atoms with Crippen molar-refractivity contribution in [3.63, 3.8) is 0 Å². The van der Waals surface area contributed by atoms with Gasteiger partial charge in [-0.2, -0.15) is 5.10 Å². The van der Waals surface area contributed by atoms with Crippen molar-refractivity contribution in [2.24, 2.45) is 5.92 Å². The monoisotopic (exact) mass is 390 g/mol. The first kappa shape index (κ1) is 18.8. The van der Waals surface area contributed by atoms with E-state index in [1.165, 1.54) is 6.33 Å². The van der Waals surface area contributed by atoms with E-state index in [-0.39, 0.29) is 24.2 Å². The summed E-state index contributed by atoms with van der Waals surface area (Å²) in [5.74, 6) is -0.450. The Hall–Kier alpha value is -3.55. The van der Waals surface area contributed by atoms with E-state index >= 15 is 0 Å². The van der Waals surface area contributed by atoms with Gasteiger partial charge in [0.05, 0.1) is 24.7 Å². The highest BCUT2D eigenvalue weighted by atomic mass is 16.2. The molecular formula is C21H22N6O2. The molecule has 0 spiro atoms. The molecule has 2 amide bonds. The third-order valence-corrected chi connectivity index (χ3v) is 5.03. The predicted molar refractivity (Wildman–Crippen MR) is 105 cm³/mol. The minimum absolute atomic E-state index is 0.0117. The molecule has 0 aliphatic carbocycles. The third-order valence-electron chi connectivity index (χ3n) is 5.03. The number of nitrogens with zero attached hydrogens (tertiary/aromatic N) is 5. The first-order valence-electron chi connectivity index (χ1n) is 9.53. The Labute approximate surface area is 168 Å². The Morgan fingerprint density at radius 1 is 1.10 bits per heavy atom. The van der Waals surface area contributed by atoms with Gasteiger partial charge >= 0.3 is 0 Å². The summed E-state index contributed by atoms with van der Waals surface area (Å²) in [6, 6.07) is 13.5. The van der Waals surface area contributed by atoms with E-state index in [4.69, 9.17) is 0 Å². The van der Waals surface area contributed by atoms with E-state index in [0.717, 1.165) is 16.8 Å². The fourth-order valence-electron chi connectivity index (χ4n) is 3.49. The second kappa shape index (κ2) is 8.64. The molecule has 0 radical (unpaired) electrons. The van der Waals surface area contributed by atoms with Gasteiger partial charge in [-0.1, -0.05) is 30.3 Å². The Kier molecular flexibility index (Phi) is 5.60. The molecule has 0 saturated carbocycles. The van der Waals surface area contributed by atoms with Crippen LogP contribution in [0.1, 0.15) is 23.2 Å². The molecule has 29 heavy (non-hydrogen) atoms. The van der Waals surface area contributed by atoms with Crippen LogP contribution in [0.4, 0.5) is 0 Å². The van der Waals surface area contributed by atoms with Gasteiger partial charge in [-0.3, -0.25) is 14.6 Å². The summed E-state index contributed by atoms with van der Waals surface area (Å²) in [7, 11) is 0. The third kappa shape index (κ3) is 4.66. The zero-order chi connectivity index (χ0) is 20.1. The van der Waals surface area contributed by atoms with Crippen molar-refractivity contribution in [3.05, 3.63) is 78.1 Å². The van der Waals surface area contributed by atoms with Gasteiger partial charge in [-0.25, -0.2) is 9.67 Å². The van der Waals surface area contributed by atoms with Crippen LogP contribution < -0.4 is 5.32 Å². The fraction of sp³-hybridized carbons (Fsp3) is 0.286. The maximum Gasteiger partial charge on any atom is 0.225 e. The van der Waals surface area contributed by atoms with Crippen LogP contribution in [0.25, 0.3) is 0 Å². The molecule has 8 heteroatoms. The zero-order valence-electron chi connectivity index (χ0n) is 15.9. The van der Waals surface area contributed by atoms with E-state index in [1.54, 1.807) is 22.1 Å². The second-order valence-corrected chi connectivity index (χ2v) is 7.08. The Morgan fingerprint density at radius 3 is 2.69 bits per heavy atom. The number of hydrogen-bond acceptors (Lipinski definition) is 5. The molecule has 1 N–H and O–H groups in total. The molecule has 1 saturated heterocycles. The van der Waals surface area contributed by atoms with Gasteiger partial charge in [0.1, 0.15) is 12.7 Å². The second-order valence-electron chi connectivity index (χ2n) is 7.08. The van der Waals surface area contributed by atoms with Crippen molar-refractivity contribution in [2.45, 2.75) is 26.1 Å². The number of amides is 2. The number of rotatable bonds is 7. The molecule has 148 valence electrons. The van der Waals surface area contributed by atoms with E-state index in [9.17, 15) is 9.59 Å². The topological polar surface area (TPSA) is 93.0 Å². The minimum Gasteiger partial charge on any atom is -0.352 e. The molecule has 0 bridgehead atoms. The van der Waals surface area contributed by atoms with Crippen LogP contribution in [-0.4, -0.2) is 43.0 Å². The van der Waals surface area contributed by atoms with Gasteiger partial charge in [-0.05, 0) is 23.3 Å². The van der Waals surface area contributed by atoms with Crippen LogP contribution in [0, 0.1) is 5.92 Å².